The largest absolute Gasteiger partial charge is 0.309 e. The monoisotopic (exact) mass is 584 g/mol. The molecule has 0 unspecified atom stereocenters. The highest BCUT2D eigenvalue weighted by atomic mass is 35.5. The highest BCUT2D eigenvalue weighted by Gasteiger charge is 2.20. The number of hydrogen-bond acceptors (Lipinski definition) is 3. The van der Waals surface area contributed by atoms with E-state index in [9.17, 15) is 0 Å². The third kappa shape index (κ3) is 4.53. The van der Waals surface area contributed by atoms with Crippen LogP contribution in [0.1, 0.15) is 0 Å². The molecule has 8 rings (SSSR count). The Hall–Kier alpha value is -5.58. The second-order valence-corrected chi connectivity index (χ2v) is 11.1. The summed E-state index contributed by atoms with van der Waals surface area (Å²) < 4.78 is 2.31. The van der Waals surface area contributed by atoms with E-state index in [1.54, 1.807) is 0 Å². The maximum Gasteiger partial charge on any atom is 0.164 e. The standard InChI is InChI=1S/C39H25ClN4/c40-28-23-24-30(33(25-28)26-13-4-1-5-14-26)38-41-37(27-15-6-2-7-16-27)42-39(43-38)32-20-12-22-35-36(32)31-19-10-11-21-34(31)44(35)29-17-8-3-9-18-29/h1-25H. The summed E-state index contributed by atoms with van der Waals surface area (Å²) in [6, 6.07) is 51.5. The van der Waals surface area contributed by atoms with Gasteiger partial charge in [-0.2, -0.15) is 0 Å². The summed E-state index contributed by atoms with van der Waals surface area (Å²) in [6.07, 6.45) is 0. The van der Waals surface area contributed by atoms with Crippen molar-refractivity contribution in [3.63, 3.8) is 0 Å². The van der Waals surface area contributed by atoms with Crippen molar-refractivity contribution in [3.8, 4) is 51.0 Å². The second kappa shape index (κ2) is 10.9. The number of benzene rings is 6. The summed E-state index contributed by atoms with van der Waals surface area (Å²) in [5, 5.41) is 2.90. The highest BCUT2D eigenvalue weighted by molar-refractivity contribution is 6.31. The lowest BCUT2D eigenvalue weighted by atomic mass is 9.99. The van der Waals surface area contributed by atoms with Gasteiger partial charge in [0.1, 0.15) is 0 Å². The third-order valence-electron chi connectivity index (χ3n) is 7.93. The molecule has 0 aliphatic rings. The van der Waals surface area contributed by atoms with Gasteiger partial charge in [0, 0.05) is 38.2 Å². The fourth-order valence-electron chi connectivity index (χ4n) is 5.96. The molecule has 4 nitrogen and oxygen atoms in total. The summed E-state index contributed by atoms with van der Waals surface area (Å²) in [5.41, 5.74) is 8.09. The molecule has 5 heteroatoms. The van der Waals surface area contributed by atoms with Gasteiger partial charge < -0.3 is 4.57 Å². The zero-order valence-corrected chi connectivity index (χ0v) is 24.4. The van der Waals surface area contributed by atoms with Crippen LogP contribution in [0.15, 0.2) is 152 Å². The van der Waals surface area contributed by atoms with Crippen LogP contribution < -0.4 is 0 Å². The number of hydrogen-bond donors (Lipinski definition) is 0. The maximum absolute atomic E-state index is 6.53. The van der Waals surface area contributed by atoms with E-state index in [0.29, 0.717) is 22.5 Å². The van der Waals surface area contributed by atoms with Crippen molar-refractivity contribution in [2.45, 2.75) is 0 Å². The molecule has 0 radical (unpaired) electrons. The van der Waals surface area contributed by atoms with Crippen molar-refractivity contribution in [1.29, 1.82) is 0 Å². The molecule has 8 aromatic rings. The minimum Gasteiger partial charge on any atom is -0.309 e. The van der Waals surface area contributed by atoms with E-state index in [1.807, 2.05) is 72.8 Å². The first-order valence-corrected chi connectivity index (χ1v) is 14.9. The first-order valence-electron chi connectivity index (χ1n) is 14.5. The van der Waals surface area contributed by atoms with Crippen LogP contribution in [0, 0.1) is 0 Å². The summed E-state index contributed by atoms with van der Waals surface area (Å²) in [5.74, 6) is 1.82. The fourth-order valence-corrected chi connectivity index (χ4v) is 6.13. The Balaban J connectivity index is 1.43. The number of halogens is 1. The molecule has 0 saturated heterocycles. The van der Waals surface area contributed by atoms with E-state index in [1.165, 1.54) is 0 Å². The van der Waals surface area contributed by atoms with E-state index in [-0.39, 0.29) is 0 Å². The number of nitrogens with zero attached hydrogens (tertiary/aromatic N) is 4. The lowest BCUT2D eigenvalue weighted by Gasteiger charge is -2.13. The topological polar surface area (TPSA) is 43.6 Å². The number of rotatable bonds is 5. The molecular formula is C39H25ClN4. The van der Waals surface area contributed by atoms with Crippen molar-refractivity contribution in [2.24, 2.45) is 0 Å². The summed E-state index contributed by atoms with van der Waals surface area (Å²) >= 11 is 6.53. The van der Waals surface area contributed by atoms with Gasteiger partial charge in [0.05, 0.1) is 11.0 Å². The molecule has 0 fully saturated rings. The van der Waals surface area contributed by atoms with Gasteiger partial charge >= 0.3 is 0 Å². The molecule has 0 aliphatic carbocycles. The van der Waals surface area contributed by atoms with E-state index in [0.717, 1.165) is 55.3 Å². The zero-order chi connectivity index (χ0) is 29.5. The third-order valence-corrected chi connectivity index (χ3v) is 8.16. The van der Waals surface area contributed by atoms with Gasteiger partial charge in [0.2, 0.25) is 0 Å². The van der Waals surface area contributed by atoms with Gasteiger partial charge in [-0.3, -0.25) is 0 Å². The van der Waals surface area contributed by atoms with E-state index in [2.05, 4.69) is 83.4 Å². The predicted octanol–water partition coefficient (Wildman–Crippen LogP) is 10.3. The fraction of sp³-hybridized carbons (Fsp3) is 0. The Morgan fingerprint density at radius 2 is 1.02 bits per heavy atom. The van der Waals surface area contributed by atoms with Crippen molar-refractivity contribution < 1.29 is 0 Å². The van der Waals surface area contributed by atoms with E-state index in [4.69, 9.17) is 26.6 Å². The minimum absolute atomic E-state index is 0.591. The van der Waals surface area contributed by atoms with Gasteiger partial charge in [-0.1, -0.05) is 121 Å². The lowest BCUT2D eigenvalue weighted by molar-refractivity contribution is 1.08. The van der Waals surface area contributed by atoms with Crippen LogP contribution in [0.3, 0.4) is 0 Å². The van der Waals surface area contributed by atoms with Crippen LogP contribution in [0.4, 0.5) is 0 Å². The first-order chi connectivity index (χ1) is 21.7. The van der Waals surface area contributed by atoms with Gasteiger partial charge in [-0.05, 0) is 53.6 Å². The molecule has 0 aliphatic heterocycles. The van der Waals surface area contributed by atoms with Crippen molar-refractivity contribution in [2.75, 3.05) is 0 Å². The Morgan fingerprint density at radius 1 is 0.432 bits per heavy atom. The van der Waals surface area contributed by atoms with Gasteiger partial charge in [-0.25, -0.2) is 15.0 Å². The number of aromatic nitrogens is 4. The number of para-hydroxylation sites is 2. The average molecular weight is 585 g/mol. The van der Waals surface area contributed by atoms with Crippen LogP contribution in [-0.2, 0) is 0 Å². The molecule has 2 aromatic heterocycles. The molecule has 6 aromatic carbocycles. The molecule has 44 heavy (non-hydrogen) atoms. The zero-order valence-electron chi connectivity index (χ0n) is 23.6. The molecule has 0 saturated carbocycles. The Labute approximate surface area is 259 Å². The first kappa shape index (κ1) is 26.1. The second-order valence-electron chi connectivity index (χ2n) is 10.6. The van der Waals surface area contributed by atoms with Crippen molar-refractivity contribution in [1.82, 2.24) is 19.5 Å². The SMILES string of the molecule is Clc1ccc(-c2nc(-c3ccccc3)nc(-c3cccc4c3c3ccccc3n4-c3ccccc3)n2)c(-c2ccccc2)c1. The summed E-state index contributed by atoms with van der Waals surface area (Å²) in [4.78, 5) is 15.3. The molecule has 0 amide bonds. The molecule has 2 heterocycles. The van der Waals surface area contributed by atoms with Crippen LogP contribution in [0.5, 0.6) is 0 Å². The summed E-state index contributed by atoms with van der Waals surface area (Å²) in [6.45, 7) is 0. The number of fused-ring (bicyclic) bond motifs is 3. The Kier molecular flexibility index (Phi) is 6.47. The lowest BCUT2D eigenvalue weighted by Crippen LogP contribution is -2.01. The molecule has 0 bridgehead atoms. The van der Waals surface area contributed by atoms with Gasteiger partial charge in [-0.15, -0.1) is 0 Å². The normalized spacial score (nSPS) is 11.3. The van der Waals surface area contributed by atoms with Gasteiger partial charge in [0.25, 0.3) is 0 Å². The average Bonchev–Trinajstić information content (AvgIpc) is 3.44. The molecule has 0 spiro atoms. The molecule has 208 valence electrons. The van der Waals surface area contributed by atoms with E-state index < -0.39 is 0 Å². The molecule has 0 atom stereocenters. The van der Waals surface area contributed by atoms with Crippen molar-refractivity contribution in [3.05, 3.63) is 157 Å². The summed E-state index contributed by atoms with van der Waals surface area (Å²) in [7, 11) is 0. The smallest absolute Gasteiger partial charge is 0.164 e. The quantitative estimate of drug-likeness (QED) is 0.202. The predicted molar refractivity (Wildman–Crippen MR) is 181 cm³/mol. The van der Waals surface area contributed by atoms with Gasteiger partial charge in [0.15, 0.2) is 17.5 Å². The highest BCUT2D eigenvalue weighted by Crippen LogP contribution is 2.39. The Morgan fingerprint density at radius 3 is 1.77 bits per heavy atom. The molecular weight excluding hydrogens is 560 g/mol. The van der Waals surface area contributed by atoms with Crippen LogP contribution in [0.25, 0.3) is 72.8 Å². The van der Waals surface area contributed by atoms with Crippen LogP contribution >= 0.6 is 11.6 Å². The Bertz CT molecular complexity index is 2280. The van der Waals surface area contributed by atoms with Crippen molar-refractivity contribution >= 4 is 33.4 Å². The minimum atomic E-state index is 0.591. The maximum atomic E-state index is 6.53. The van der Waals surface area contributed by atoms with Crippen LogP contribution in [0.2, 0.25) is 5.02 Å². The van der Waals surface area contributed by atoms with Crippen LogP contribution in [-0.4, -0.2) is 19.5 Å². The molecule has 0 N–H and O–H groups in total. The van der Waals surface area contributed by atoms with E-state index >= 15 is 0 Å².